The number of amides is 1. The summed E-state index contributed by atoms with van der Waals surface area (Å²) in [6, 6.07) is 0.331. The number of rotatable bonds is 6. The molecule has 0 saturated carbocycles. The van der Waals surface area contributed by atoms with Crippen molar-refractivity contribution in [3.05, 3.63) is 0 Å². The van der Waals surface area contributed by atoms with Gasteiger partial charge in [0.2, 0.25) is 0 Å². The lowest BCUT2D eigenvalue weighted by atomic mass is 10.0. The van der Waals surface area contributed by atoms with Crippen molar-refractivity contribution in [1.82, 2.24) is 10.2 Å². The van der Waals surface area contributed by atoms with Crippen LogP contribution in [-0.4, -0.2) is 54.8 Å². The Morgan fingerprint density at radius 3 is 2.30 bits per heavy atom. The summed E-state index contributed by atoms with van der Waals surface area (Å²) in [4.78, 5) is 25.6. The van der Waals surface area contributed by atoms with E-state index < -0.39 is 5.60 Å². The van der Waals surface area contributed by atoms with Gasteiger partial charge >= 0.3 is 12.1 Å². The highest BCUT2D eigenvalue weighted by Crippen LogP contribution is 2.16. The fraction of sp³-hybridized carbons (Fsp3) is 0.882. The van der Waals surface area contributed by atoms with Crippen LogP contribution in [0.2, 0.25) is 0 Å². The molecule has 6 nitrogen and oxygen atoms in total. The van der Waals surface area contributed by atoms with Gasteiger partial charge in [-0.2, -0.15) is 0 Å². The van der Waals surface area contributed by atoms with Crippen LogP contribution >= 0.6 is 0 Å². The molecule has 0 aromatic heterocycles. The van der Waals surface area contributed by atoms with E-state index in [1.807, 2.05) is 34.6 Å². The Morgan fingerprint density at radius 2 is 1.83 bits per heavy atom. The van der Waals surface area contributed by atoms with Crippen LogP contribution in [0.1, 0.15) is 53.9 Å². The average Bonchev–Trinajstić information content (AvgIpc) is 2.47. The summed E-state index contributed by atoms with van der Waals surface area (Å²) in [7, 11) is 0. The molecule has 1 aliphatic rings. The molecule has 1 saturated heterocycles. The van der Waals surface area contributed by atoms with Gasteiger partial charge in [-0.3, -0.25) is 4.79 Å². The van der Waals surface area contributed by atoms with E-state index in [1.54, 1.807) is 4.90 Å². The number of nitrogens with one attached hydrogen (secondary N) is 1. The lowest BCUT2D eigenvalue weighted by molar-refractivity contribution is -0.148. The molecule has 1 aliphatic heterocycles. The van der Waals surface area contributed by atoms with E-state index in [9.17, 15) is 9.59 Å². The second-order valence-electron chi connectivity index (χ2n) is 7.01. The molecule has 134 valence electrons. The third kappa shape index (κ3) is 7.20. The van der Waals surface area contributed by atoms with Crippen molar-refractivity contribution in [2.45, 2.75) is 65.5 Å². The van der Waals surface area contributed by atoms with E-state index in [-0.39, 0.29) is 18.0 Å². The molecule has 23 heavy (non-hydrogen) atoms. The summed E-state index contributed by atoms with van der Waals surface area (Å²) in [6.45, 7) is 11.9. The smallest absolute Gasteiger partial charge is 0.410 e. The standard InChI is InChI=1S/C17H32N2O4/c1-6-13(15(20)22-7-2)12-18-14-8-10-19(11-9-14)16(21)23-17(3,4)5/h13-14,18H,6-12H2,1-5H3. The summed E-state index contributed by atoms with van der Waals surface area (Å²) in [6.07, 6.45) is 2.27. The highest BCUT2D eigenvalue weighted by molar-refractivity contribution is 5.72. The van der Waals surface area contributed by atoms with E-state index in [0.717, 1.165) is 19.3 Å². The van der Waals surface area contributed by atoms with E-state index >= 15 is 0 Å². The van der Waals surface area contributed by atoms with E-state index in [0.29, 0.717) is 32.3 Å². The fourth-order valence-corrected chi connectivity index (χ4v) is 2.56. The zero-order valence-corrected chi connectivity index (χ0v) is 15.2. The molecule has 0 aliphatic carbocycles. The topological polar surface area (TPSA) is 67.9 Å². The Hall–Kier alpha value is -1.30. The number of piperidine rings is 1. The lowest BCUT2D eigenvalue weighted by Gasteiger charge is -2.34. The van der Waals surface area contributed by atoms with Gasteiger partial charge in [-0.05, 0) is 47.0 Å². The zero-order chi connectivity index (χ0) is 17.5. The molecule has 1 amide bonds. The SMILES string of the molecule is CCOC(=O)C(CC)CNC1CCN(C(=O)OC(C)(C)C)CC1. The van der Waals surface area contributed by atoms with Gasteiger partial charge in [0.1, 0.15) is 5.60 Å². The molecule has 0 aromatic carbocycles. The number of carbonyl (C=O) groups is 2. The highest BCUT2D eigenvalue weighted by atomic mass is 16.6. The quantitative estimate of drug-likeness (QED) is 0.759. The number of ether oxygens (including phenoxy) is 2. The third-order valence-corrected chi connectivity index (χ3v) is 3.91. The Labute approximate surface area is 139 Å². The van der Waals surface area contributed by atoms with Gasteiger partial charge in [0.05, 0.1) is 12.5 Å². The molecular weight excluding hydrogens is 296 g/mol. The first-order valence-corrected chi connectivity index (χ1v) is 8.64. The van der Waals surface area contributed by atoms with Gasteiger partial charge < -0.3 is 19.7 Å². The zero-order valence-electron chi connectivity index (χ0n) is 15.2. The number of nitrogens with zero attached hydrogens (tertiary/aromatic N) is 1. The van der Waals surface area contributed by atoms with Crippen molar-refractivity contribution in [3.8, 4) is 0 Å². The van der Waals surface area contributed by atoms with Gasteiger partial charge in [0.15, 0.2) is 0 Å². The normalized spacial score (nSPS) is 17.7. The molecule has 1 heterocycles. The minimum atomic E-state index is -0.458. The maximum atomic E-state index is 12.0. The summed E-state index contributed by atoms with van der Waals surface area (Å²) >= 11 is 0. The Morgan fingerprint density at radius 1 is 1.22 bits per heavy atom. The first-order valence-electron chi connectivity index (χ1n) is 8.64. The molecule has 0 radical (unpaired) electrons. The first-order chi connectivity index (χ1) is 10.8. The van der Waals surface area contributed by atoms with Crippen molar-refractivity contribution < 1.29 is 19.1 Å². The second-order valence-corrected chi connectivity index (χ2v) is 7.01. The predicted molar refractivity (Wildman–Crippen MR) is 89.2 cm³/mol. The molecule has 1 atom stereocenters. The number of hydrogen-bond acceptors (Lipinski definition) is 5. The molecule has 1 N–H and O–H groups in total. The molecule has 0 bridgehead atoms. The highest BCUT2D eigenvalue weighted by Gasteiger charge is 2.27. The molecule has 1 fully saturated rings. The number of esters is 1. The Bertz CT molecular complexity index is 385. The van der Waals surface area contributed by atoms with Crippen LogP contribution in [0.15, 0.2) is 0 Å². The first kappa shape index (κ1) is 19.7. The molecule has 6 heteroatoms. The average molecular weight is 328 g/mol. The predicted octanol–water partition coefficient (Wildman–Crippen LogP) is 2.56. The van der Waals surface area contributed by atoms with Gasteiger partial charge in [-0.1, -0.05) is 6.92 Å². The second kappa shape index (κ2) is 9.11. The van der Waals surface area contributed by atoms with Crippen molar-refractivity contribution >= 4 is 12.1 Å². The molecule has 0 spiro atoms. The van der Waals surface area contributed by atoms with Crippen molar-refractivity contribution in [2.75, 3.05) is 26.2 Å². The van der Waals surface area contributed by atoms with Crippen LogP contribution in [0.3, 0.4) is 0 Å². The Kier molecular flexibility index (Phi) is 7.82. The minimum Gasteiger partial charge on any atom is -0.466 e. The summed E-state index contributed by atoms with van der Waals surface area (Å²) in [5.41, 5.74) is -0.458. The van der Waals surface area contributed by atoms with Crippen molar-refractivity contribution in [3.63, 3.8) is 0 Å². The number of likely N-dealkylation sites (tertiary alicyclic amines) is 1. The molecule has 0 aromatic rings. The van der Waals surface area contributed by atoms with Crippen molar-refractivity contribution in [1.29, 1.82) is 0 Å². The number of carbonyl (C=O) groups excluding carboxylic acids is 2. The lowest BCUT2D eigenvalue weighted by Crippen LogP contribution is -2.47. The van der Waals surface area contributed by atoms with Crippen LogP contribution in [0.25, 0.3) is 0 Å². The van der Waals surface area contributed by atoms with Crippen LogP contribution in [-0.2, 0) is 14.3 Å². The van der Waals surface area contributed by atoms with Crippen LogP contribution < -0.4 is 5.32 Å². The van der Waals surface area contributed by atoms with Gasteiger partial charge in [0, 0.05) is 25.7 Å². The van der Waals surface area contributed by atoms with Crippen molar-refractivity contribution in [2.24, 2.45) is 5.92 Å². The van der Waals surface area contributed by atoms with Crippen LogP contribution in [0.5, 0.6) is 0 Å². The molecule has 1 rings (SSSR count). The maximum Gasteiger partial charge on any atom is 0.410 e. The van der Waals surface area contributed by atoms with Crippen LogP contribution in [0.4, 0.5) is 4.79 Å². The minimum absolute atomic E-state index is 0.0983. The fourth-order valence-electron chi connectivity index (χ4n) is 2.56. The maximum absolute atomic E-state index is 12.0. The third-order valence-electron chi connectivity index (χ3n) is 3.91. The van der Waals surface area contributed by atoms with Gasteiger partial charge in [0.25, 0.3) is 0 Å². The van der Waals surface area contributed by atoms with E-state index in [4.69, 9.17) is 9.47 Å². The molecular formula is C17H32N2O4. The van der Waals surface area contributed by atoms with Gasteiger partial charge in [-0.25, -0.2) is 4.79 Å². The van der Waals surface area contributed by atoms with E-state index in [2.05, 4.69) is 5.32 Å². The van der Waals surface area contributed by atoms with Crippen LogP contribution in [0, 0.1) is 5.92 Å². The monoisotopic (exact) mass is 328 g/mol. The summed E-state index contributed by atoms with van der Waals surface area (Å²) in [5, 5.41) is 3.44. The number of hydrogen-bond donors (Lipinski definition) is 1. The van der Waals surface area contributed by atoms with Gasteiger partial charge in [-0.15, -0.1) is 0 Å². The summed E-state index contributed by atoms with van der Waals surface area (Å²) < 4.78 is 10.5. The summed E-state index contributed by atoms with van der Waals surface area (Å²) in [5.74, 6) is -0.229. The van der Waals surface area contributed by atoms with E-state index in [1.165, 1.54) is 0 Å². The molecule has 1 unspecified atom stereocenters. The largest absolute Gasteiger partial charge is 0.466 e. The Balaban J connectivity index is 2.33.